The molecule has 0 aliphatic heterocycles. The molecule has 2 aromatic heterocycles. The number of hydrogen-bond donors (Lipinski definition) is 0. The normalized spacial score (nSPS) is 12.1. The predicted molar refractivity (Wildman–Crippen MR) is 185 cm³/mol. The van der Waals surface area contributed by atoms with E-state index >= 15 is 0 Å². The van der Waals surface area contributed by atoms with Gasteiger partial charge in [0.2, 0.25) is 0 Å². The van der Waals surface area contributed by atoms with Crippen LogP contribution in [0.5, 0.6) is 0 Å². The average molecular weight is 560 g/mol. The van der Waals surface area contributed by atoms with Crippen molar-refractivity contribution in [3.63, 3.8) is 0 Å². The van der Waals surface area contributed by atoms with Crippen LogP contribution in [0.25, 0.3) is 87.9 Å². The fourth-order valence-corrected chi connectivity index (χ4v) is 7.39. The molecule has 0 saturated carbocycles. The van der Waals surface area contributed by atoms with Crippen LogP contribution in [0.1, 0.15) is 0 Å². The summed E-state index contributed by atoms with van der Waals surface area (Å²) in [5.74, 6) is 0.941. The summed E-state index contributed by atoms with van der Waals surface area (Å²) in [5, 5.41) is 10.1. The zero-order valence-electron chi connectivity index (χ0n) is 23.8. The number of hydrogen-bond acceptors (Lipinski definition) is 1. The van der Waals surface area contributed by atoms with Crippen molar-refractivity contribution in [2.75, 3.05) is 0 Å². The third-order valence-corrected chi connectivity index (χ3v) is 9.25. The Hall–Kier alpha value is -5.93. The van der Waals surface area contributed by atoms with Crippen molar-refractivity contribution in [2.45, 2.75) is 0 Å². The third-order valence-electron chi connectivity index (χ3n) is 9.25. The highest BCUT2D eigenvalue weighted by molar-refractivity contribution is 6.32. The zero-order valence-corrected chi connectivity index (χ0v) is 23.8. The molecule has 0 bridgehead atoms. The van der Waals surface area contributed by atoms with Crippen molar-refractivity contribution in [3.05, 3.63) is 152 Å². The Morgan fingerprint density at radius 2 is 0.932 bits per heavy atom. The van der Waals surface area contributed by atoms with Crippen LogP contribution < -0.4 is 0 Å². The van der Waals surface area contributed by atoms with E-state index in [1.165, 1.54) is 54.1 Å². The molecule has 0 amide bonds. The average Bonchev–Trinajstić information content (AvgIpc) is 3.66. The van der Waals surface area contributed by atoms with Crippen molar-refractivity contribution in [1.82, 2.24) is 14.1 Å². The largest absolute Gasteiger partial charge is 0.309 e. The van der Waals surface area contributed by atoms with Crippen molar-refractivity contribution in [3.8, 4) is 22.8 Å². The highest BCUT2D eigenvalue weighted by Crippen LogP contribution is 2.43. The maximum atomic E-state index is 5.46. The highest BCUT2D eigenvalue weighted by atomic mass is 15.1. The second kappa shape index (κ2) is 8.79. The molecule has 0 radical (unpaired) electrons. The maximum Gasteiger partial charge on any atom is 0.145 e. The molecule has 0 aliphatic carbocycles. The Balaban J connectivity index is 1.27. The molecule has 0 aliphatic rings. The Kier molecular flexibility index (Phi) is 4.72. The van der Waals surface area contributed by atoms with Crippen LogP contribution in [0.3, 0.4) is 0 Å². The van der Waals surface area contributed by atoms with Gasteiger partial charge in [0, 0.05) is 38.5 Å². The number of imidazole rings is 1. The minimum absolute atomic E-state index is 0.941. The summed E-state index contributed by atoms with van der Waals surface area (Å²) in [5.41, 5.74) is 7.92. The summed E-state index contributed by atoms with van der Waals surface area (Å²) in [7, 11) is 0. The molecule has 3 heteroatoms. The van der Waals surface area contributed by atoms with E-state index in [1.54, 1.807) is 0 Å². The van der Waals surface area contributed by atoms with Crippen LogP contribution in [-0.2, 0) is 0 Å². The van der Waals surface area contributed by atoms with Crippen LogP contribution >= 0.6 is 0 Å². The fraction of sp³-hybridized carbons (Fsp3) is 0. The zero-order chi connectivity index (χ0) is 28.8. The predicted octanol–water partition coefficient (Wildman–Crippen LogP) is 10.7. The third kappa shape index (κ3) is 3.13. The standard InChI is InChI=1S/C41H25N3/c1-2-12-29(13-3-1)44-40-34-17-9-11-27-21-20-26-10-8-16-33(37(26)38(27)34)39(40)42-41(44)28-22-24-30(25-23-28)43-35-18-6-4-14-31(35)32-15-5-7-19-36(32)43/h1-25H. The van der Waals surface area contributed by atoms with E-state index in [4.69, 9.17) is 4.98 Å². The SMILES string of the molecule is c1ccc(-n2c(-c3ccc(-n4c5ccccc5c5ccccc54)cc3)nc3c4cccc5ccc6cccc(c6c54)c32)cc1. The quantitative estimate of drug-likeness (QED) is 0.197. The number of rotatable bonds is 3. The molecule has 0 fully saturated rings. The summed E-state index contributed by atoms with van der Waals surface area (Å²) in [6, 6.07) is 54.6. The lowest BCUT2D eigenvalue weighted by molar-refractivity contribution is 1.10. The van der Waals surface area contributed by atoms with Gasteiger partial charge in [0.25, 0.3) is 0 Å². The lowest BCUT2D eigenvalue weighted by Gasteiger charge is -2.15. The van der Waals surface area contributed by atoms with Crippen LogP contribution in [0.2, 0.25) is 0 Å². The molecule has 10 aromatic rings. The molecule has 8 aromatic carbocycles. The van der Waals surface area contributed by atoms with Gasteiger partial charge in [0.15, 0.2) is 0 Å². The van der Waals surface area contributed by atoms with Crippen molar-refractivity contribution in [1.29, 1.82) is 0 Å². The van der Waals surface area contributed by atoms with E-state index in [-0.39, 0.29) is 0 Å². The Bertz CT molecular complexity index is 2640. The summed E-state index contributed by atoms with van der Waals surface area (Å²) in [6.45, 7) is 0. The van der Waals surface area contributed by atoms with E-state index in [2.05, 4.69) is 161 Å². The molecule has 0 N–H and O–H groups in total. The molecule has 204 valence electrons. The lowest BCUT2D eigenvalue weighted by atomic mass is 9.93. The van der Waals surface area contributed by atoms with E-state index in [0.29, 0.717) is 0 Å². The van der Waals surface area contributed by atoms with E-state index in [1.807, 2.05) is 0 Å². The van der Waals surface area contributed by atoms with Crippen LogP contribution in [-0.4, -0.2) is 14.1 Å². The van der Waals surface area contributed by atoms with Gasteiger partial charge in [-0.1, -0.05) is 103 Å². The van der Waals surface area contributed by atoms with Crippen LogP contribution in [0, 0.1) is 0 Å². The molecule has 0 saturated heterocycles. The smallest absolute Gasteiger partial charge is 0.145 e. The molecule has 10 rings (SSSR count). The monoisotopic (exact) mass is 559 g/mol. The molecule has 0 spiro atoms. The van der Waals surface area contributed by atoms with Gasteiger partial charge < -0.3 is 4.57 Å². The molecular formula is C41H25N3. The van der Waals surface area contributed by atoms with Crippen molar-refractivity contribution < 1.29 is 0 Å². The van der Waals surface area contributed by atoms with Gasteiger partial charge in [-0.25, -0.2) is 4.98 Å². The number of aromatic nitrogens is 3. The van der Waals surface area contributed by atoms with E-state index < -0.39 is 0 Å². The van der Waals surface area contributed by atoms with Gasteiger partial charge in [-0.15, -0.1) is 0 Å². The van der Waals surface area contributed by atoms with Gasteiger partial charge in [-0.2, -0.15) is 0 Å². The van der Waals surface area contributed by atoms with Crippen molar-refractivity contribution in [2.24, 2.45) is 0 Å². The first-order chi connectivity index (χ1) is 21.8. The molecule has 3 nitrogen and oxygen atoms in total. The summed E-state index contributed by atoms with van der Waals surface area (Å²) < 4.78 is 4.72. The van der Waals surface area contributed by atoms with Gasteiger partial charge in [-0.3, -0.25) is 4.57 Å². The minimum Gasteiger partial charge on any atom is -0.309 e. The second-order valence-electron chi connectivity index (χ2n) is 11.6. The Morgan fingerprint density at radius 1 is 0.386 bits per heavy atom. The summed E-state index contributed by atoms with van der Waals surface area (Å²) in [6.07, 6.45) is 0. The maximum absolute atomic E-state index is 5.46. The van der Waals surface area contributed by atoms with E-state index in [9.17, 15) is 0 Å². The fourth-order valence-electron chi connectivity index (χ4n) is 7.39. The number of benzene rings is 8. The lowest BCUT2D eigenvalue weighted by Crippen LogP contribution is -1.99. The highest BCUT2D eigenvalue weighted by Gasteiger charge is 2.22. The number of nitrogens with zero attached hydrogens (tertiary/aromatic N) is 3. The molecule has 0 unspecified atom stereocenters. The van der Waals surface area contributed by atoms with Gasteiger partial charge >= 0.3 is 0 Å². The van der Waals surface area contributed by atoms with Crippen LogP contribution in [0.15, 0.2) is 152 Å². The van der Waals surface area contributed by atoms with Gasteiger partial charge in [0.1, 0.15) is 5.82 Å². The van der Waals surface area contributed by atoms with E-state index in [0.717, 1.165) is 33.8 Å². The minimum atomic E-state index is 0.941. The first-order valence-electron chi connectivity index (χ1n) is 15.1. The molecule has 2 heterocycles. The summed E-state index contributed by atoms with van der Waals surface area (Å²) in [4.78, 5) is 5.46. The topological polar surface area (TPSA) is 22.8 Å². The second-order valence-corrected chi connectivity index (χ2v) is 11.6. The Morgan fingerprint density at radius 3 is 1.61 bits per heavy atom. The van der Waals surface area contributed by atoms with Gasteiger partial charge in [-0.05, 0) is 70.1 Å². The van der Waals surface area contributed by atoms with Crippen molar-refractivity contribution >= 4 is 65.2 Å². The van der Waals surface area contributed by atoms with Crippen LogP contribution in [0.4, 0.5) is 0 Å². The molecular weight excluding hydrogens is 534 g/mol. The number of fused-ring (bicyclic) bond motifs is 6. The number of para-hydroxylation sites is 3. The van der Waals surface area contributed by atoms with Gasteiger partial charge in [0.05, 0.1) is 22.1 Å². The molecule has 0 atom stereocenters. The first-order valence-corrected chi connectivity index (χ1v) is 15.1. The molecule has 44 heavy (non-hydrogen) atoms. The Labute approximate surface area is 253 Å². The first kappa shape index (κ1) is 23.6. The summed E-state index contributed by atoms with van der Waals surface area (Å²) >= 11 is 0.